The number of aliphatic hydroxyl groups is 1. The van der Waals surface area contributed by atoms with Crippen molar-refractivity contribution < 1.29 is 14.6 Å². The molecule has 0 heterocycles. The summed E-state index contributed by atoms with van der Waals surface area (Å²) in [5.41, 5.74) is 1.21. The van der Waals surface area contributed by atoms with Gasteiger partial charge in [-0.15, -0.1) is 0 Å². The van der Waals surface area contributed by atoms with Crippen molar-refractivity contribution >= 4 is 6.03 Å². The quantitative estimate of drug-likeness (QED) is 0.810. The van der Waals surface area contributed by atoms with Crippen LogP contribution in [0.15, 0.2) is 24.3 Å². The van der Waals surface area contributed by atoms with Crippen LogP contribution in [0, 0.1) is 0 Å². The SMILES string of the molecule is CCOCc1ccccc1CNC(=O)N(C)CC(C)(C)O. The van der Waals surface area contributed by atoms with Crippen LogP contribution in [0.5, 0.6) is 0 Å². The first-order valence-corrected chi connectivity index (χ1v) is 7.19. The van der Waals surface area contributed by atoms with E-state index in [1.807, 2.05) is 31.2 Å². The van der Waals surface area contributed by atoms with Gasteiger partial charge >= 0.3 is 6.03 Å². The smallest absolute Gasteiger partial charge is 0.317 e. The maximum atomic E-state index is 12.0. The van der Waals surface area contributed by atoms with Gasteiger partial charge in [0.05, 0.1) is 18.8 Å². The molecule has 0 unspecified atom stereocenters. The second kappa shape index (κ2) is 8.00. The third-order valence-corrected chi connectivity index (χ3v) is 2.98. The molecule has 0 spiro atoms. The van der Waals surface area contributed by atoms with Crippen LogP contribution in [-0.2, 0) is 17.9 Å². The van der Waals surface area contributed by atoms with Gasteiger partial charge in [-0.25, -0.2) is 4.79 Å². The van der Waals surface area contributed by atoms with E-state index >= 15 is 0 Å². The summed E-state index contributed by atoms with van der Waals surface area (Å²) < 4.78 is 5.42. The summed E-state index contributed by atoms with van der Waals surface area (Å²) in [5.74, 6) is 0. The highest BCUT2D eigenvalue weighted by atomic mass is 16.5. The lowest BCUT2D eigenvalue weighted by Gasteiger charge is -2.25. The van der Waals surface area contributed by atoms with Gasteiger partial charge in [0.15, 0.2) is 0 Å². The van der Waals surface area contributed by atoms with Crippen LogP contribution in [0.1, 0.15) is 31.9 Å². The fraction of sp³-hybridized carbons (Fsp3) is 0.562. The number of carbonyl (C=O) groups is 1. The molecule has 5 heteroatoms. The van der Waals surface area contributed by atoms with Crippen LogP contribution < -0.4 is 5.32 Å². The topological polar surface area (TPSA) is 61.8 Å². The molecule has 0 aliphatic heterocycles. The molecule has 21 heavy (non-hydrogen) atoms. The molecule has 1 rings (SSSR count). The molecule has 0 atom stereocenters. The number of hydrogen-bond acceptors (Lipinski definition) is 3. The molecule has 0 radical (unpaired) electrons. The zero-order valence-electron chi connectivity index (χ0n) is 13.3. The minimum atomic E-state index is -0.904. The fourth-order valence-corrected chi connectivity index (χ4v) is 2.04. The molecule has 0 saturated carbocycles. The molecular weight excluding hydrogens is 268 g/mol. The van der Waals surface area contributed by atoms with Crippen molar-refractivity contribution in [3.63, 3.8) is 0 Å². The molecule has 0 aliphatic carbocycles. The van der Waals surface area contributed by atoms with Crippen molar-refractivity contribution in [3.8, 4) is 0 Å². The Hall–Kier alpha value is -1.59. The van der Waals surface area contributed by atoms with Crippen molar-refractivity contribution in [1.29, 1.82) is 0 Å². The normalized spacial score (nSPS) is 11.3. The Labute approximate surface area is 126 Å². The van der Waals surface area contributed by atoms with Gasteiger partial charge < -0.3 is 20.1 Å². The first-order valence-electron chi connectivity index (χ1n) is 7.19. The molecule has 2 amide bonds. The molecule has 0 bridgehead atoms. The van der Waals surface area contributed by atoms with Gasteiger partial charge in [0.25, 0.3) is 0 Å². The third-order valence-electron chi connectivity index (χ3n) is 2.98. The molecule has 1 aromatic rings. The van der Waals surface area contributed by atoms with E-state index < -0.39 is 5.60 Å². The van der Waals surface area contributed by atoms with Crippen molar-refractivity contribution in [1.82, 2.24) is 10.2 Å². The highest BCUT2D eigenvalue weighted by Gasteiger charge is 2.19. The number of carbonyl (C=O) groups excluding carboxylic acids is 1. The van der Waals surface area contributed by atoms with Crippen molar-refractivity contribution in [3.05, 3.63) is 35.4 Å². The molecule has 0 fully saturated rings. The summed E-state index contributed by atoms with van der Waals surface area (Å²) in [6.45, 7) is 7.23. The van der Waals surface area contributed by atoms with Gasteiger partial charge in [-0.3, -0.25) is 0 Å². The minimum absolute atomic E-state index is 0.205. The number of ether oxygens (including phenoxy) is 1. The summed E-state index contributed by atoms with van der Waals surface area (Å²) in [5, 5.41) is 12.6. The van der Waals surface area contributed by atoms with E-state index in [0.717, 1.165) is 11.1 Å². The van der Waals surface area contributed by atoms with E-state index in [-0.39, 0.29) is 12.6 Å². The third kappa shape index (κ3) is 6.60. The summed E-state index contributed by atoms with van der Waals surface area (Å²) in [6.07, 6.45) is 0. The van der Waals surface area contributed by atoms with Gasteiger partial charge in [0, 0.05) is 20.2 Å². The number of nitrogens with zero attached hydrogens (tertiary/aromatic N) is 1. The highest BCUT2D eigenvalue weighted by Crippen LogP contribution is 2.10. The molecular formula is C16H26N2O3. The fourth-order valence-electron chi connectivity index (χ4n) is 2.04. The Bertz CT molecular complexity index is 455. The monoisotopic (exact) mass is 294 g/mol. The molecule has 0 saturated heterocycles. The molecule has 118 valence electrons. The van der Waals surface area contributed by atoms with Gasteiger partial charge in [-0.2, -0.15) is 0 Å². The van der Waals surface area contributed by atoms with Crippen molar-refractivity contribution in [2.45, 2.75) is 39.5 Å². The molecule has 2 N–H and O–H groups in total. The van der Waals surface area contributed by atoms with Gasteiger partial charge in [-0.1, -0.05) is 24.3 Å². The van der Waals surface area contributed by atoms with Crippen LogP contribution in [0.3, 0.4) is 0 Å². The number of amides is 2. The van der Waals surface area contributed by atoms with E-state index in [1.54, 1.807) is 20.9 Å². The molecule has 0 aliphatic rings. The Morgan fingerprint density at radius 1 is 1.33 bits per heavy atom. The average Bonchev–Trinajstić information content (AvgIpc) is 2.41. The number of benzene rings is 1. The van der Waals surface area contributed by atoms with E-state index in [2.05, 4.69) is 5.32 Å². The first kappa shape index (κ1) is 17.5. The Morgan fingerprint density at radius 3 is 2.52 bits per heavy atom. The second-order valence-corrected chi connectivity index (χ2v) is 5.73. The lowest BCUT2D eigenvalue weighted by molar-refractivity contribution is 0.0531. The first-order chi connectivity index (χ1) is 9.83. The lowest BCUT2D eigenvalue weighted by Crippen LogP contribution is -2.44. The molecule has 0 aromatic heterocycles. The summed E-state index contributed by atoms with van der Waals surface area (Å²) in [7, 11) is 1.67. The van der Waals surface area contributed by atoms with E-state index in [9.17, 15) is 9.90 Å². The number of hydrogen-bond donors (Lipinski definition) is 2. The predicted molar refractivity (Wildman–Crippen MR) is 82.9 cm³/mol. The number of nitrogens with one attached hydrogen (secondary N) is 1. The second-order valence-electron chi connectivity index (χ2n) is 5.73. The van der Waals surface area contributed by atoms with Crippen molar-refractivity contribution in [2.75, 3.05) is 20.2 Å². The largest absolute Gasteiger partial charge is 0.389 e. The summed E-state index contributed by atoms with van der Waals surface area (Å²) in [4.78, 5) is 13.5. The van der Waals surface area contributed by atoms with Gasteiger partial charge in [0.1, 0.15) is 0 Å². The van der Waals surface area contributed by atoms with E-state index in [1.165, 1.54) is 4.90 Å². The standard InChI is InChI=1S/C16H26N2O3/c1-5-21-11-14-9-7-6-8-13(14)10-17-15(19)18(4)12-16(2,3)20/h6-9,20H,5,10-12H2,1-4H3,(H,17,19). The summed E-state index contributed by atoms with van der Waals surface area (Å²) >= 11 is 0. The zero-order valence-corrected chi connectivity index (χ0v) is 13.3. The van der Waals surface area contributed by atoms with Crippen molar-refractivity contribution in [2.24, 2.45) is 0 Å². The molecule has 5 nitrogen and oxygen atoms in total. The van der Waals surface area contributed by atoms with E-state index in [4.69, 9.17) is 4.74 Å². The number of urea groups is 1. The molecule has 1 aromatic carbocycles. The van der Waals surface area contributed by atoms with Crippen LogP contribution in [0.25, 0.3) is 0 Å². The Kier molecular flexibility index (Phi) is 6.65. The van der Waals surface area contributed by atoms with Crippen LogP contribution >= 0.6 is 0 Å². The lowest BCUT2D eigenvalue weighted by atomic mass is 10.1. The van der Waals surface area contributed by atoms with Gasteiger partial charge in [-0.05, 0) is 31.9 Å². The van der Waals surface area contributed by atoms with E-state index in [0.29, 0.717) is 19.8 Å². The predicted octanol–water partition coefficient (Wildman–Crippen LogP) is 2.14. The maximum Gasteiger partial charge on any atom is 0.317 e. The number of likely N-dealkylation sites (N-methyl/N-ethyl adjacent to an activating group) is 1. The Balaban J connectivity index is 2.56. The zero-order chi connectivity index (χ0) is 15.9. The Morgan fingerprint density at radius 2 is 1.95 bits per heavy atom. The highest BCUT2D eigenvalue weighted by molar-refractivity contribution is 5.73. The summed E-state index contributed by atoms with van der Waals surface area (Å²) in [6, 6.07) is 7.67. The minimum Gasteiger partial charge on any atom is -0.389 e. The average molecular weight is 294 g/mol. The maximum absolute atomic E-state index is 12.0. The van der Waals surface area contributed by atoms with Crippen LogP contribution in [0.4, 0.5) is 4.79 Å². The van der Waals surface area contributed by atoms with Crippen LogP contribution in [-0.4, -0.2) is 41.8 Å². The number of rotatable bonds is 7. The van der Waals surface area contributed by atoms with Crippen LogP contribution in [0.2, 0.25) is 0 Å². The van der Waals surface area contributed by atoms with Gasteiger partial charge in [0.2, 0.25) is 0 Å².